The van der Waals surface area contributed by atoms with Crippen LogP contribution >= 0.6 is 0 Å². The van der Waals surface area contributed by atoms with Crippen molar-refractivity contribution in [3.8, 4) is 0 Å². The molecular weight excluding hydrogens is 299 g/mol. The van der Waals surface area contributed by atoms with Crippen LogP contribution in [0.2, 0.25) is 0 Å². The molecule has 1 aromatic heterocycles. The molecule has 0 bridgehead atoms. The molecule has 2 aromatic rings. The molecule has 0 aliphatic heterocycles. The molecule has 6 heteroatoms. The van der Waals surface area contributed by atoms with E-state index < -0.39 is 17.3 Å². The van der Waals surface area contributed by atoms with Gasteiger partial charge in [0.05, 0.1) is 0 Å². The molecule has 1 unspecified atom stereocenters. The minimum Gasteiger partial charge on any atom is -0.364 e. The number of aromatic amines is 1. The predicted octanol–water partition coefficient (Wildman–Crippen LogP) is 2.00. The van der Waals surface area contributed by atoms with Crippen LogP contribution in [0.3, 0.4) is 0 Å². The van der Waals surface area contributed by atoms with Gasteiger partial charge in [0.2, 0.25) is 0 Å². The Hall–Kier alpha value is -2.47. The fourth-order valence-electron chi connectivity index (χ4n) is 2.26. The summed E-state index contributed by atoms with van der Waals surface area (Å²) < 4.78 is 19.3. The Morgan fingerprint density at radius 1 is 1.30 bits per heavy atom. The number of H-pyrrole nitrogens is 1. The quantitative estimate of drug-likeness (QED) is 0.886. The normalized spacial score (nSPS) is 13.4. The summed E-state index contributed by atoms with van der Waals surface area (Å²) in [7, 11) is 1.34. The molecule has 1 amide bonds. The third kappa shape index (κ3) is 3.48. The fourth-order valence-corrected chi connectivity index (χ4v) is 2.26. The topological polar surface area (TPSA) is 71.2 Å². The van der Waals surface area contributed by atoms with Crippen LogP contribution in [-0.4, -0.2) is 18.0 Å². The lowest BCUT2D eigenvalue weighted by molar-refractivity contribution is -0.143. The van der Waals surface area contributed by atoms with E-state index in [1.165, 1.54) is 26.2 Å². The van der Waals surface area contributed by atoms with Crippen molar-refractivity contribution >= 4 is 5.91 Å². The van der Waals surface area contributed by atoms with E-state index in [2.05, 4.69) is 10.3 Å². The highest BCUT2D eigenvalue weighted by Crippen LogP contribution is 2.27. The highest BCUT2D eigenvalue weighted by molar-refractivity contribution is 5.86. The zero-order chi connectivity index (χ0) is 17.0. The smallest absolute Gasteiger partial charge is 0.256 e. The van der Waals surface area contributed by atoms with E-state index in [1.54, 1.807) is 31.2 Å². The van der Waals surface area contributed by atoms with Gasteiger partial charge >= 0.3 is 0 Å². The minimum atomic E-state index is -1.48. The molecule has 0 spiro atoms. The second-order valence-corrected chi connectivity index (χ2v) is 5.40. The standard InChI is InChI=1S/C17H19FN2O3/c1-11-8-9-12(15(21)20-11)10-19-16(22)17(2,23-3)13-6-4-5-7-14(13)18/h4-9H,10H2,1-3H3,(H,19,22)(H,20,21). The molecule has 5 nitrogen and oxygen atoms in total. The number of methoxy groups -OCH3 is 1. The van der Waals surface area contributed by atoms with E-state index in [0.29, 0.717) is 5.56 Å². The van der Waals surface area contributed by atoms with Gasteiger partial charge in [-0.2, -0.15) is 0 Å². The lowest BCUT2D eigenvalue weighted by atomic mass is 9.94. The first kappa shape index (κ1) is 16.9. The minimum absolute atomic E-state index is 0.0296. The zero-order valence-electron chi connectivity index (χ0n) is 13.3. The van der Waals surface area contributed by atoms with Gasteiger partial charge in [-0.15, -0.1) is 0 Å². The van der Waals surface area contributed by atoms with Crippen LogP contribution in [0.1, 0.15) is 23.7 Å². The molecular formula is C17H19FN2O3. The molecule has 1 atom stereocenters. The Balaban J connectivity index is 2.20. The van der Waals surface area contributed by atoms with E-state index in [4.69, 9.17) is 4.74 Å². The molecule has 2 N–H and O–H groups in total. The summed E-state index contributed by atoms with van der Waals surface area (Å²) in [5.41, 5.74) is -0.467. The maximum atomic E-state index is 14.0. The summed E-state index contributed by atoms with van der Waals surface area (Å²) in [4.78, 5) is 26.9. The monoisotopic (exact) mass is 318 g/mol. The van der Waals surface area contributed by atoms with Gasteiger partial charge in [-0.1, -0.05) is 24.3 Å². The predicted molar refractivity (Wildman–Crippen MR) is 84.4 cm³/mol. The number of pyridine rings is 1. The molecule has 23 heavy (non-hydrogen) atoms. The van der Waals surface area contributed by atoms with Gasteiger partial charge in [0.1, 0.15) is 5.82 Å². The highest BCUT2D eigenvalue weighted by atomic mass is 19.1. The number of rotatable bonds is 5. The zero-order valence-corrected chi connectivity index (χ0v) is 13.3. The summed E-state index contributed by atoms with van der Waals surface area (Å²) in [6.07, 6.45) is 0. The Labute approximate surface area is 133 Å². The van der Waals surface area contributed by atoms with E-state index in [0.717, 1.165) is 5.69 Å². The number of benzene rings is 1. The molecule has 2 rings (SSSR count). The lowest BCUT2D eigenvalue weighted by Gasteiger charge is -2.27. The first-order valence-corrected chi connectivity index (χ1v) is 7.15. The van der Waals surface area contributed by atoms with Gasteiger partial charge in [-0.3, -0.25) is 9.59 Å². The molecule has 0 aliphatic rings. The van der Waals surface area contributed by atoms with E-state index in [-0.39, 0.29) is 17.7 Å². The van der Waals surface area contributed by atoms with E-state index >= 15 is 0 Å². The molecule has 0 radical (unpaired) electrons. The third-order valence-electron chi connectivity index (χ3n) is 3.81. The third-order valence-corrected chi connectivity index (χ3v) is 3.81. The van der Waals surface area contributed by atoms with Crippen molar-refractivity contribution in [2.75, 3.05) is 7.11 Å². The van der Waals surface area contributed by atoms with Crippen molar-refractivity contribution in [3.63, 3.8) is 0 Å². The summed E-state index contributed by atoms with van der Waals surface area (Å²) in [5.74, 6) is -1.05. The first-order chi connectivity index (χ1) is 10.9. The van der Waals surface area contributed by atoms with Crippen molar-refractivity contribution in [2.24, 2.45) is 0 Å². The molecule has 0 aliphatic carbocycles. The van der Waals surface area contributed by atoms with Gasteiger partial charge in [-0.25, -0.2) is 4.39 Å². The Morgan fingerprint density at radius 2 is 2.00 bits per heavy atom. The number of halogens is 1. The highest BCUT2D eigenvalue weighted by Gasteiger charge is 2.37. The van der Waals surface area contributed by atoms with Crippen LogP contribution in [0.4, 0.5) is 4.39 Å². The number of ether oxygens (including phenoxy) is 1. The summed E-state index contributed by atoms with van der Waals surface area (Å²) in [6.45, 7) is 3.28. The van der Waals surface area contributed by atoms with Gasteiger partial charge in [0.15, 0.2) is 5.60 Å². The second-order valence-electron chi connectivity index (χ2n) is 5.40. The maximum Gasteiger partial charge on any atom is 0.256 e. The lowest BCUT2D eigenvalue weighted by Crippen LogP contribution is -2.44. The summed E-state index contributed by atoms with van der Waals surface area (Å²) in [6, 6.07) is 9.32. The molecule has 0 saturated heterocycles. The van der Waals surface area contributed by atoms with Crippen LogP contribution in [-0.2, 0) is 21.7 Å². The Bertz CT molecular complexity index is 772. The largest absolute Gasteiger partial charge is 0.364 e. The number of hydrogen-bond donors (Lipinski definition) is 2. The van der Waals surface area contributed by atoms with Crippen LogP contribution in [0.15, 0.2) is 41.2 Å². The SMILES string of the molecule is COC(C)(C(=O)NCc1ccc(C)[nH]c1=O)c1ccccc1F. The van der Waals surface area contributed by atoms with Crippen LogP contribution in [0, 0.1) is 12.7 Å². The number of nitrogens with one attached hydrogen (secondary N) is 2. The van der Waals surface area contributed by atoms with E-state index in [9.17, 15) is 14.0 Å². The van der Waals surface area contributed by atoms with Crippen molar-refractivity contribution in [3.05, 3.63) is 69.4 Å². The van der Waals surface area contributed by atoms with Crippen LogP contribution in [0.5, 0.6) is 0 Å². The van der Waals surface area contributed by atoms with Crippen molar-refractivity contribution in [2.45, 2.75) is 26.0 Å². The van der Waals surface area contributed by atoms with Gasteiger partial charge in [-0.05, 0) is 26.0 Å². The van der Waals surface area contributed by atoms with E-state index in [1.807, 2.05) is 0 Å². The molecule has 0 saturated carbocycles. The molecule has 122 valence electrons. The molecule has 1 heterocycles. The number of aryl methyl sites for hydroxylation is 1. The first-order valence-electron chi connectivity index (χ1n) is 7.15. The number of carbonyl (C=O) groups excluding carboxylic acids is 1. The average molecular weight is 318 g/mol. The van der Waals surface area contributed by atoms with Crippen molar-refractivity contribution < 1.29 is 13.9 Å². The number of hydrogen-bond acceptors (Lipinski definition) is 3. The van der Waals surface area contributed by atoms with Crippen LogP contribution in [0.25, 0.3) is 0 Å². The number of carbonyl (C=O) groups is 1. The summed E-state index contributed by atoms with van der Waals surface area (Å²) >= 11 is 0. The molecule has 1 aromatic carbocycles. The average Bonchev–Trinajstić information content (AvgIpc) is 2.53. The Kier molecular flexibility index (Phi) is 4.95. The summed E-state index contributed by atoms with van der Waals surface area (Å²) in [5, 5.41) is 2.63. The number of aromatic nitrogens is 1. The number of amides is 1. The van der Waals surface area contributed by atoms with Gasteiger partial charge in [0.25, 0.3) is 11.5 Å². The second kappa shape index (κ2) is 6.75. The molecule has 0 fully saturated rings. The van der Waals surface area contributed by atoms with Crippen molar-refractivity contribution in [1.29, 1.82) is 0 Å². The maximum absolute atomic E-state index is 14.0. The van der Waals surface area contributed by atoms with Gasteiger partial charge in [0, 0.05) is 30.5 Å². The Morgan fingerprint density at radius 3 is 2.61 bits per heavy atom. The van der Waals surface area contributed by atoms with Crippen LogP contribution < -0.4 is 10.9 Å². The van der Waals surface area contributed by atoms with Crippen molar-refractivity contribution in [1.82, 2.24) is 10.3 Å². The van der Waals surface area contributed by atoms with Gasteiger partial charge < -0.3 is 15.0 Å². The fraction of sp³-hybridized carbons (Fsp3) is 0.294.